The van der Waals surface area contributed by atoms with Gasteiger partial charge in [-0.05, 0) is 0 Å². The van der Waals surface area contributed by atoms with Gasteiger partial charge in [-0.1, -0.05) is 0 Å². The molecule has 0 rings (SSSR count). The van der Waals surface area contributed by atoms with Gasteiger partial charge in [0.15, 0.2) is 6.29 Å². The van der Waals surface area contributed by atoms with Crippen LogP contribution in [0, 0.1) is 0 Å². The minimum Gasteiger partial charge on any atom is -0.475 e. The third kappa shape index (κ3) is 1.82. The number of hydrogen-bond donors (Lipinski definition) is 3. The minimum atomic E-state index is -2.80. The molecule has 0 spiro atoms. The summed E-state index contributed by atoms with van der Waals surface area (Å²) >= 11 is 0. The fourth-order valence-corrected chi connectivity index (χ4v) is 0.348. The Bertz CT molecular complexity index is 197. The molecule has 1 atom stereocenters. The van der Waals surface area contributed by atoms with Gasteiger partial charge in [-0.15, -0.1) is 0 Å². The van der Waals surface area contributed by atoms with Gasteiger partial charge < -0.3 is 15.3 Å². The zero-order chi connectivity index (χ0) is 9.07. The van der Waals surface area contributed by atoms with Crippen molar-refractivity contribution in [1.29, 1.82) is 0 Å². The fourth-order valence-electron chi connectivity index (χ4n) is 0.348. The number of Topliss-reactive ketones (excluding diaryl/α,β-unsaturated/α-hetero) is 1. The Balaban J connectivity index is 4.64. The van der Waals surface area contributed by atoms with E-state index in [0.29, 0.717) is 0 Å². The maximum absolute atomic E-state index is 10.4. The van der Waals surface area contributed by atoms with E-state index >= 15 is 0 Å². The van der Waals surface area contributed by atoms with E-state index in [-0.39, 0.29) is 6.29 Å². The highest BCUT2D eigenvalue weighted by atomic mass is 16.4. The molecule has 6 nitrogen and oxygen atoms in total. The van der Waals surface area contributed by atoms with E-state index in [0.717, 1.165) is 0 Å². The lowest BCUT2D eigenvalue weighted by Gasteiger charge is -2.12. The summed E-state index contributed by atoms with van der Waals surface area (Å²) < 4.78 is 0. The van der Waals surface area contributed by atoms with E-state index in [1.807, 2.05) is 0 Å². The first-order valence-corrected chi connectivity index (χ1v) is 2.55. The SMILES string of the molecule is O=CC(O)(CO)C(=O)C(=O)O. The summed E-state index contributed by atoms with van der Waals surface area (Å²) in [5.74, 6) is -3.70. The number of carboxylic acid groups (broad SMARTS) is 1. The van der Waals surface area contributed by atoms with Crippen molar-refractivity contribution in [2.75, 3.05) is 6.61 Å². The predicted octanol–water partition coefficient (Wildman–Crippen LogP) is -2.44. The molecule has 0 amide bonds. The molecule has 0 radical (unpaired) electrons. The van der Waals surface area contributed by atoms with Crippen LogP contribution < -0.4 is 0 Å². The maximum Gasteiger partial charge on any atom is 0.375 e. The number of carbonyl (C=O) groups is 3. The summed E-state index contributed by atoms with van der Waals surface area (Å²) in [5, 5.41) is 25.0. The minimum absolute atomic E-state index is 0.316. The van der Waals surface area contributed by atoms with Gasteiger partial charge in [-0.25, -0.2) is 4.79 Å². The number of carbonyl (C=O) groups excluding carboxylic acids is 2. The zero-order valence-electron chi connectivity index (χ0n) is 5.35. The maximum atomic E-state index is 10.4. The monoisotopic (exact) mass is 162 g/mol. The largest absolute Gasteiger partial charge is 0.475 e. The Morgan fingerprint density at radius 2 is 1.91 bits per heavy atom. The van der Waals surface area contributed by atoms with Crippen LogP contribution in [0.25, 0.3) is 0 Å². The molecule has 0 saturated carbocycles. The molecule has 62 valence electrons. The Labute approximate surface area is 61.1 Å². The van der Waals surface area contributed by atoms with Gasteiger partial charge in [-0.3, -0.25) is 9.59 Å². The highest BCUT2D eigenvalue weighted by molar-refractivity contribution is 6.39. The van der Waals surface area contributed by atoms with E-state index in [9.17, 15) is 14.4 Å². The topological polar surface area (TPSA) is 112 Å². The second-order valence-electron chi connectivity index (χ2n) is 1.83. The van der Waals surface area contributed by atoms with Crippen molar-refractivity contribution in [3.63, 3.8) is 0 Å². The van der Waals surface area contributed by atoms with Crippen LogP contribution in [0.4, 0.5) is 0 Å². The average Bonchev–Trinajstić information content (AvgIpc) is 2.01. The van der Waals surface area contributed by atoms with Crippen LogP contribution in [0.15, 0.2) is 0 Å². The number of rotatable bonds is 4. The first-order chi connectivity index (χ1) is 4.98. The molecule has 6 heteroatoms. The van der Waals surface area contributed by atoms with Crippen LogP contribution >= 0.6 is 0 Å². The highest BCUT2D eigenvalue weighted by Crippen LogP contribution is 2.00. The smallest absolute Gasteiger partial charge is 0.375 e. The number of aliphatic hydroxyl groups is 2. The van der Waals surface area contributed by atoms with E-state index < -0.39 is 24.0 Å². The van der Waals surface area contributed by atoms with Crippen LogP contribution in [0.5, 0.6) is 0 Å². The number of carboxylic acids is 1. The molecule has 0 aliphatic carbocycles. The van der Waals surface area contributed by atoms with Gasteiger partial charge in [-0.2, -0.15) is 0 Å². The first kappa shape index (κ1) is 9.73. The van der Waals surface area contributed by atoms with Crippen LogP contribution in [0.3, 0.4) is 0 Å². The summed E-state index contributed by atoms with van der Waals surface area (Å²) in [6.45, 7) is -1.23. The third-order valence-electron chi connectivity index (χ3n) is 1.02. The average molecular weight is 162 g/mol. The highest BCUT2D eigenvalue weighted by Gasteiger charge is 2.39. The summed E-state index contributed by atoms with van der Waals surface area (Å²) in [5.41, 5.74) is -2.80. The van der Waals surface area contributed by atoms with Gasteiger partial charge in [0.1, 0.15) is 0 Å². The van der Waals surface area contributed by atoms with Crippen LogP contribution in [0.1, 0.15) is 0 Å². The standard InChI is InChI=1S/C5H6O6/c6-1-5(11,2-7)3(8)4(9)10/h1,7,11H,2H2,(H,9,10). The molecule has 0 heterocycles. The van der Waals surface area contributed by atoms with Gasteiger partial charge in [0.25, 0.3) is 5.78 Å². The van der Waals surface area contributed by atoms with Crippen molar-refractivity contribution in [2.24, 2.45) is 0 Å². The van der Waals surface area contributed by atoms with E-state index in [1.54, 1.807) is 0 Å². The second kappa shape index (κ2) is 3.22. The molecule has 0 saturated heterocycles. The molecule has 0 bridgehead atoms. The van der Waals surface area contributed by atoms with Crippen LogP contribution in [0.2, 0.25) is 0 Å². The van der Waals surface area contributed by atoms with E-state index in [1.165, 1.54) is 0 Å². The number of aliphatic hydroxyl groups excluding tert-OH is 1. The molecule has 0 aromatic carbocycles. The Morgan fingerprint density at radius 1 is 1.45 bits per heavy atom. The Kier molecular flexibility index (Phi) is 2.85. The summed E-state index contributed by atoms with van der Waals surface area (Å²) in [6.07, 6.45) is -0.316. The zero-order valence-corrected chi connectivity index (χ0v) is 5.35. The lowest BCUT2D eigenvalue weighted by Crippen LogP contribution is -2.47. The van der Waals surface area contributed by atoms with Crippen molar-refractivity contribution >= 4 is 18.0 Å². The first-order valence-electron chi connectivity index (χ1n) is 2.55. The second-order valence-corrected chi connectivity index (χ2v) is 1.83. The predicted molar refractivity (Wildman–Crippen MR) is 30.7 cm³/mol. The number of ketones is 1. The van der Waals surface area contributed by atoms with Crippen LogP contribution in [-0.2, 0) is 14.4 Å². The van der Waals surface area contributed by atoms with Gasteiger partial charge in [0, 0.05) is 0 Å². The molecule has 0 aromatic rings. The fraction of sp³-hybridized carbons (Fsp3) is 0.400. The molecule has 0 aliphatic rings. The van der Waals surface area contributed by atoms with Crippen molar-refractivity contribution in [2.45, 2.75) is 5.60 Å². The van der Waals surface area contributed by atoms with E-state index in [2.05, 4.69) is 0 Å². The van der Waals surface area contributed by atoms with Crippen LogP contribution in [-0.4, -0.2) is 45.6 Å². The molecule has 11 heavy (non-hydrogen) atoms. The molecular weight excluding hydrogens is 156 g/mol. The van der Waals surface area contributed by atoms with Gasteiger partial charge >= 0.3 is 5.97 Å². The number of aliphatic carboxylic acids is 1. The van der Waals surface area contributed by atoms with E-state index in [4.69, 9.17) is 15.3 Å². The molecule has 0 fully saturated rings. The van der Waals surface area contributed by atoms with Crippen molar-refractivity contribution in [3.05, 3.63) is 0 Å². The number of hydrogen-bond acceptors (Lipinski definition) is 5. The Hall–Kier alpha value is -1.27. The molecular formula is C5H6O6. The Morgan fingerprint density at radius 3 is 2.00 bits per heavy atom. The summed E-state index contributed by atoms with van der Waals surface area (Å²) in [6, 6.07) is 0. The van der Waals surface area contributed by atoms with Gasteiger partial charge in [0.05, 0.1) is 6.61 Å². The van der Waals surface area contributed by atoms with Gasteiger partial charge in [0.2, 0.25) is 5.60 Å². The lowest BCUT2D eigenvalue weighted by molar-refractivity contribution is -0.162. The molecule has 0 aromatic heterocycles. The normalized spacial score (nSPS) is 15.1. The van der Waals surface area contributed by atoms with Crippen molar-refractivity contribution < 1.29 is 29.7 Å². The molecule has 0 aliphatic heterocycles. The third-order valence-corrected chi connectivity index (χ3v) is 1.02. The molecule has 3 N–H and O–H groups in total. The van der Waals surface area contributed by atoms with Crippen molar-refractivity contribution in [1.82, 2.24) is 0 Å². The summed E-state index contributed by atoms with van der Waals surface area (Å²) in [7, 11) is 0. The number of aldehydes is 1. The summed E-state index contributed by atoms with van der Waals surface area (Å²) in [4.78, 5) is 30.2. The lowest BCUT2D eigenvalue weighted by atomic mass is 10.0. The molecule has 1 unspecified atom stereocenters. The van der Waals surface area contributed by atoms with Crippen molar-refractivity contribution in [3.8, 4) is 0 Å². The quantitative estimate of drug-likeness (QED) is 0.240.